The first-order valence-electron chi connectivity index (χ1n) is 6.06. The first-order valence-corrected chi connectivity index (χ1v) is 6.06. The highest BCUT2D eigenvalue weighted by Gasteiger charge is 2.25. The predicted molar refractivity (Wildman–Crippen MR) is 67.4 cm³/mol. The molecule has 1 aliphatic heterocycles. The molecular formula is C13H16N4. The third-order valence-electron chi connectivity index (χ3n) is 3.29. The van der Waals surface area contributed by atoms with Gasteiger partial charge in [0.25, 0.3) is 0 Å². The lowest BCUT2D eigenvalue weighted by molar-refractivity contribution is 0.630. The molecule has 0 radical (unpaired) electrons. The summed E-state index contributed by atoms with van der Waals surface area (Å²) in [5.41, 5.74) is 4.63. The van der Waals surface area contributed by atoms with E-state index in [2.05, 4.69) is 33.7 Å². The average Bonchev–Trinajstić information content (AvgIpc) is 2.73. The molecule has 88 valence electrons. The van der Waals surface area contributed by atoms with Gasteiger partial charge in [-0.3, -0.25) is 9.55 Å². The summed E-state index contributed by atoms with van der Waals surface area (Å²) in [4.78, 5) is 8.61. The summed E-state index contributed by atoms with van der Waals surface area (Å²) >= 11 is 0. The molecule has 3 rings (SSSR count). The molecule has 1 atom stereocenters. The average molecular weight is 228 g/mol. The standard InChI is InChI=1S/C13H16N4/c1-3-4-10-13-9(2)15-8-17(13)12-5-6-14-7-11(12)16-10/h5-8,10,16H,3-4H2,1-2H3. The molecule has 2 aromatic heterocycles. The molecule has 0 spiro atoms. The molecule has 4 nitrogen and oxygen atoms in total. The molecular weight excluding hydrogens is 212 g/mol. The zero-order valence-corrected chi connectivity index (χ0v) is 10.1. The molecule has 4 heteroatoms. The maximum atomic E-state index is 4.43. The lowest BCUT2D eigenvalue weighted by atomic mass is 10.0. The highest BCUT2D eigenvalue weighted by Crippen LogP contribution is 2.35. The summed E-state index contributed by atoms with van der Waals surface area (Å²) in [6.45, 7) is 4.28. The number of aryl methyl sites for hydroxylation is 1. The van der Waals surface area contributed by atoms with Crippen molar-refractivity contribution in [2.45, 2.75) is 32.7 Å². The van der Waals surface area contributed by atoms with Gasteiger partial charge in [-0.05, 0) is 19.4 Å². The number of nitrogens with zero attached hydrogens (tertiary/aromatic N) is 3. The topological polar surface area (TPSA) is 42.7 Å². The summed E-state index contributed by atoms with van der Waals surface area (Å²) in [6.07, 6.45) is 7.88. The van der Waals surface area contributed by atoms with Crippen LogP contribution in [0.5, 0.6) is 0 Å². The van der Waals surface area contributed by atoms with E-state index in [-0.39, 0.29) is 0 Å². The maximum absolute atomic E-state index is 4.43. The normalized spacial score (nSPS) is 17.2. The van der Waals surface area contributed by atoms with E-state index in [1.807, 2.05) is 24.8 Å². The van der Waals surface area contributed by atoms with Crippen LogP contribution < -0.4 is 5.32 Å². The second-order valence-electron chi connectivity index (χ2n) is 4.46. The van der Waals surface area contributed by atoms with Crippen LogP contribution in [0.2, 0.25) is 0 Å². The number of rotatable bonds is 2. The van der Waals surface area contributed by atoms with Gasteiger partial charge in [0.05, 0.1) is 41.3 Å². The Morgan fingerprint density at radius 1 is 1.47 bits per heavy atom. The zero-order chi connectivity index (χ0) is 11.8. The lowest BCUT2D eigenvalue weighted by Crippen LogP contribution is -2.21. The van der Waals surface area contributed by atoms with Gasteiger partial charge in [0.1, 0.15) is 0 Å². The van der Waals surface area contributed by atoms with Crippen molar-refractivity contribution in [3.63, 3.8) is 0 Å². The van der Waals surface area contributed by atoms with E-state index in [4.69, 9.17) is 0 Å². The second kappa shape index (κ2) is 3.87. The molecule has 3 heterocycles. The van der Waals surface area contributed by atoms with Crippen molar-refractivity contribution < 1.29 is 0 Å². The smallest absolute Gasteiger partial charge is 0.0998 e. The molecule has 1 aliphatic rings. The van der Waals surface area contributed by atoms with Crippen LogP contribution in [-0.4, -0.2) is 14.5 Å². The van der Waals surface area contributed by atoms with E-state index in [1.165, 1.54) is 5.69 Å². The van der Waals surface area contributed by atoms with E-state index in [9.17, 15) is 0 Å². The number of nitrogens with one attached hydrogen (secondary N) is 1. The van der Waals surface area contributed by atoms with Gasteiger partial charge < -0.3 is 5.32 Å². The second-order valence-corrected chi connectivity index (χ2v) is 4.46. The Labute approximate surface area is 101 Å². The van der Waals surface area contributed by atoms with Crippen LogP contribution >= 0.6 is 0 Å². The van der Waals surface area contributed by atoms with E-state index in [1.54, 1.807) is 0 Å². The van der Waals surface area contributed by atoms with Crippen LogP contribution in [-0.2, 0) is 0 Å². The van der Waals surface area contributed by atoms with E-state index >= 15 is 0 Å². The fourth-order valence-electron chi connectivity index (χ4n) is 2.52. The van der Waals surface area contributed by atoms with Crippen LogP contribution in [0.4, 0.5) is 5.69 Å². The molecule has 0 saturated carbocycles. The number of fused-ring (bicyclic) bond motifs is 3. The van der Waals surface area contributed by atoms with Crippen LogP contribution in [0.1, 0.15) is 37.2 Å². The van der Waals surface area contributed by atoms with Crippen molar-refractivity contribution in [1.82, 2.24) is 14.5 Å². The Morgan fingerprint density at radius 2 is 2.35 bits per heavy atom. The summed E-state index contributed by atoms with van der Waals surface area (Å²) in [5, 5.41) is 3.56. The predicted octanol–water partition coefficient (Wildman–Crippen LogP) is 2.84. The summed E-state index contributed by atoms with van der Waals surface area (Å²) in [7, 11) is 0. The minimum atomic E-state index is 0.346. The molecule has 0 amide bonds. The Balaban J connectivity index is 2.17. The molecule has 2 aromatic rings. The first-order chi connectivity index (χ1) is 8.31. The van der Waals surface area contributed by atoms with Gasteiger partial charge in [0, 0.05) is 6.20 Å². The van der Waals surface area contributed by atoms with Gasteiger partial charge in [-0.2, -0.15) is 0 Å². The zero-order valence-electron chi connectivity index (χ0n) is 10.1. The van der Waals surface area contributed by atoms with Gasteiger partial charge in [0.15, 0.2) is 0 Å². The quantitative estimate of drug-likeness (QED) is 0.859. The number of hydrogen-bond acceptors (Lipinski definition) is 3. The van der Waals surface area contributed by atoms with Crippen LogP contribution in [0.25, 0.3) is 5.69 Å². The molecule has 17 heavy (non-hydrogen) atoms. The third-order valence-corrected chi connectivity index (χ3v) is 3.29. The largest absolute Gasteiger partial charge is 0.374 e. The van der Waals surface area contributed by atoms with Gasteiger partial charge >= 0.3 is 0 Å². The number of imidazole rings is 1. The SMILES string of the molecule is CCCC1Nc2cnccc2-n2cnc(C)c21. The Bertz CT molecular complexity index is 544. The number of hydrogen-bond donors (Lipinski definition) is 1. The van der Waals surface area contributed by atoms with Gasteiger partial charge in [0.2, 0.25) is 0 Å². The lowest BCUT2D eigenvalue weighted by Gasteiger charge is -2.28. The van der Waals surface area contributed by atoms with Gasteiger partial charge in [-0.1, -0.05) is 13.3 Å². The molecule has 0 bridgehead atoms. The minimum absolute atomic E-state index is 0.346. The van der Waals surface area contributed by atoms with Crippen molar-refractivity contribution in [3.05, 3.63) is 36.2 Å². The molecule has 0 saturated heterocycles. The van der Waals surface area contributed by atoms with Crippen molar-refractivity contribution in [2.24, 2.45) is 0 Å². The van der Waals surface area contributed by atoms with Crippen molar-refractivity contribution in [2.75, 3.05) is 5.32 Å². The first kappa shape index (κ1) is 10.3. The number of pyridine rings is 1. The summed E-state index contributed by atoms with van der Waals surface area (Å²) < 4.78 is 2.18. The fourth-order valence-corrected chi connectivity index (χ4v) is 2.52. The monoisotopic (exact) mass is 228 g/mol. The van der Waals surface area contributed by atoms with Crippen LogP contribution in [0.15, 0.2) is 24.8 Å². The Kier molecular flexibility index (Phi) is 2.35. The third kappa shape index (κ3) is 1.52. The van der Waals surface area contributed by atoms with Crippen molar-refractivity contribution in [3.8, 4) is 5.69 Å². The highest BCUT2D eigenvalue weighted by molar-refractivity contribution is 5.64. The van der Waals surface area contributed by atoms with Gasteiger partial charge in [-0.25, -0.2) is 4.98 Å². The van der Waals surface area contributed by atoms with Crippen molar-refractivity contribution >= 4 is 5.69 Å². The Hall–Kier alpha value is -1.84. The van der Waals surface area contributed by atoms with Crippen molar-refractivity contribution in [1.29, 1.82) is 0 Å². The van der Waals surface area contributed by atoms with Crippen LogP contribution in [0.3, 0.4) is 0 Å². The summed E-state index contributed by atoms with van der Waals surface area (Å²) in [5.74, 6) is 0. The molecule has 1 N–H and O–H groups in total. The van der Waals surface area contributed by atoms with Gasteiger partial charge in [-0.15, -0.1) is 0 Å². The molecule has 0 fully saturated rings. The van der Waals surface area contributed by atoms with E-state index < -0.39 is 0 Å². The molecule has 0 aromatic carbocycles. The maximum Gasteiger partial charge on any atom is 0.0998 e. The number of aromatic nitrogens is 3. The molecule has 1 unspecified atom stereocenters. The van der Waals surface area contributed by atoms with E-state index in [0.717, 1.165) is 29.9 Å². The highest BCUT2D eigenvalue weighted by atomic mass is 15.2. The summed E-state index contributed by atoms with van der Waals surface area (Å²) in [6, 6.07) is 2.37. The fraction of sp³-hybridized carbons (Fsp3) is 0.385. The van der Waals surface area contributed by atoms with E-state index in [0.29, 0.717) is 6.04 Å². The van der Waals surface area contributed by atoms with Crippen LogP contribution in [0, 0.1) is 6.92 Å². The Morgan fingerprint density at radius 3 is 3.18 bits per heavy atom. The number of anilines is 1. The minimum Gasteiger partial charge on any atom is -0.374 e. The molecule has 0 aliphatic carbocycles.